The third kappa shape index (κ3) is 20.2. The summed E-state index contributed by atoms with van der Waals surface area (Å²) in [4.78, 5) is 34.1. The minimum atomic E-state index is -4.38. The first-order chi connectivity index (χ1) is 11.8. The van der Waals surface area contributed by atoms with E-state index in [0.717, 1.165) is 11.3 Å². The van der Waals surface area contributed by atoms with Crippen LogP contribution in [0.3, 0.4) is 0 Å². The van der Waals surface area contributed by atoms with E-state index in [1.54, 1.807) is 0 Å². The molecule has 0 spiro atoms. The maximum absolute atomic E-state index is 11.8. The first-order valence-electron chi connectivity index (χ1n) is 7.54. The number of rotatable bonds is 11. The molecular formula is C14H26AcN2O9S-2. The van der Waals surface area contributed by atoms with Crippen LogP contribution >= 0.6 is 0 Å². The van der Waals surface area contributed by atoms with E-state index in [4.69, 9.17) is 19.9 Å². The molecule has 0 aromatic carbocycles. The Kier molecular flexibility index (Phi) is 19.3. The number of aliphatic hydroxyl groups excluding tert-OH is 1. The number of carboxylic acids is 2. The van der Waals surface area contributed by atoms with Crippen molar-refractivity contribution in [1.82, 2.24) is 10.2 Å². The van der Waals surface area contributed by atoms with Gasteiger partial charge in [0, 0.05) is 44.1 Å². The van der Waals surface area contributed by atoms with E-state index in [2.05, 4.69) is 19.2 Å². The minimum Gasteiger partial charge on any atom is -0.480 e. The maximum atomic E-state index is 11.8. The quantitative estimate of drug-likeness (QED) is 0.136. The fraction of sp³-hybridized carbons (Fsp3) is 0.643. The van der Waals surface area contributed by atoms with Crippen LogP contribution in [0.15, 0.2) is 0 Å². The van der Waals surface area contributed by atoms with Gasteiger partial charge in [-0.05, 0) is 6.42 Å². The fourth-order valence-corrected chi connectivity index (χ4v) is 2.13. The predicted octanol–water partition coefficient (Wildman–Crippen LogP) is -1.35. The van der Waals surface area contributed by atoms with Crippen LogP contribution in [0.4, 0.5) is 0 Å². The summed E-state index contributed by atoms with van der Waals surface area (Å²) in [6, 6.07) is -1.33. The van der Waals surface area contributed by atoms with E-state index < -0.39 is 59.3 Å². The molecule has 27 heavy (non-hydrogen) atoms. The van der Waals surface area contributed by atoms with Crippen LogP contribution in [0.5, 0.6) is 0 Å². The number of nitrogens with zero attached hydrogens (tertiary/aromatic N) is 1. The Balaban J connectivity index is -0.000000844. The van der Waals surface area contributed by atoms with Crippen molar-refractivity contribution in [2.75, 3.05) is 25.4 Å². The SMILES string of the molecule is [Ac].[CH2-]C(O)CC.[CH2-]CNC(=O)C(CCS(=O)(=O)O)N(CC(=O)O)CC(=O)O. The second kappa shape index (κ2) is 16.6. The van der Waals surface area contributed by atoms with Gasteiger partial charge in [0.2, 0.25) is 5.91 Å². The number of carboxylic acid groups (broad SMARTS) is 2. The summed E-state index contributed by atoms with van der Waals surface area (Å²) in [5, 5.41) is 28.0. The zero-order valence-corrected chi connectivity index (χ0v) is 20.6. The number of carbonyl (C=O) groups excluding carboxylic acids is 1. The monoisotopic (exact) mass is 625 g/mol. The number of amides is 1. The molecule has 1 amide bonds. The molecular weight excluding hydrogens is 599 g/mol. The van der Waals surface area contributed by atoms with E-state index in [1.165, 1.54) is 0 Å². The molecule has 0 saturated heterocycles. The predicted molar refractivity (Wildman–Crippen MR) is 91.7 cm³/mol. The van der Waals surface area contributed by atoms with Gasteiger partial charge >= 0.3 is 11.9 Å². The van der Waals surface area contributed by atoms with Gasteiger partial charge in [0.05, 0.1) is 24.9 Å². The fourth-order valence-electron chi connectivity index (χ4n) is 1.60. The van der Waals surface area contributed by atoms with Gasteiger partial charge in [0.15, 0.2) is 0 Å². The minimum absolute atomic E-state index is 0. The number of hydrogen-bond acceptors (Lipinski definition) is 7. The van der Waals surface area contributed by atoms with E-state index in [9.17, 15) is 22.8 Å². The molecule has 0 fully saturated rings. The molecule has 1 radical (unpaired) electrons. The van der Waals surface area contributed by atoms with Crippen LogP contribution < -0.4 is 5.32 Å². The number of nitrogens with one attached hydrogen (secondary N) is 1. The number of hydrogen-bond donors (Lipinski definition) is 5. The van der Waals surface area contributed by atoms with Crippen molar-refractivity contribution in [2.45, 2.75) is 31.9 Å². The molecule has 2 unspecified atom stereocenters. The summed E-state index contributed by atoms with van der Waals surface area (Å²) >= 11 is 0. The first-order valence-corrected chi connectivity index (χ1v) is 9.15. The van der Waals surface area contributed by atoms with Crippen molar-refractivity contribution >= 4 is 28.0 Å². The molecule has 13 heteroatoms. The summed E-state index contributed by atoms with van der Waals surface area (Å²) < 4.78 is 30.2. The van der Waals surface area contributed by atoms with Gasteiger partial charge in [0.25, 0.3) is 10.1 Å². The van der Waals surface area contributed by atoms with Crippen LogP contribution in [0.2, 0.25) is 0 Å². The van der Waals surface area contributed by atoms with Gasteiger partial charge in [-0.25, -0.2) is 0 Å². The average Bonchev–Trinajstić information content (AvgIpc) is 2.45. The van der Waals surface area contributed by atoms with Gasteiger partial charge in [-0.2, -0.15) is 8.42 Å². The third-order valence-corrected chi connectivity index (χ3v) is 3.59. The van der Waals surface area contributed by atoms with Crippen molar-refractivity contribution < 1.29 is 86.7 Å². The molecule has 157 valence electrons. The van der Waals surface area contributed by atoms with Crippen LogP contribution in [0, 0.1) is 57.9 Å². The molecule has 0 aliphatic carbocycles. The molecule has 2 atom stereocenters. The van der Waals surface area contributed by atoms with Gasteiger partial charge in [0.1, 0.15) is 0 Å². The Morgan fingerprint density at radius 3 is 1.81 bits per heavy atom. The molecule has 0 heterocycles. The Morgan fingerprint density at radius 2 is 1.56 bits per heavy atom. The van der Waals surface area contributed by atoms with Crippen LogP contribution in [0.25, 0.3) is 0 Å². The first kappa shape index (κ1) is 31.4. The normalized spacial score (nSPS) is 12.8. The van der Waals surface area contributed by atoms with Crippen molar-refractivity contribution in [2.24, 2.45) is 0 Å². The van der Waals surface area contributed by atoms with Crippen molar-refractivity contribution in [1.29, 1.82) is 0 Å². The molecule has 0 aliphatic rings. The molecule has 0 saturated carbocycles. The number of carbonyl (C=O) groups is 3. The molecule has 0 rings (SSSR count). The van der Waals surface area contributed by atoms with E-state index in [0.29, 0.717) is 0 Å². The largest absolute Gasteiger partial charge is 0.480 e. The van der Waals surface area contributed by atoms with Crippen LogP contribution in [-0.4, -0.2) is 88.6 Å². The van der Waals surface area contributed by atoms with E-state index in [1.807, 2.05) is 6.92 Å². The second-order valence-corrected chi connectivity index (χ2v) is 6.71. The molecule has 11 nitrogen and oxygen atoms in total. The molecule has 0 aromatic heterocycles. The molecule has 5 N–H and O–H groups in total. The van der Waals surface area contributed by atoms with Crippen molar-refractivity contribution in [3.63, 3.8) is 0 Å². The Hall–Kier alpha value is -0.318. The average molecular weight is 625 g/mol. The van der Waals surface area contributed by atoms with Crippen molar-refractivity contribution in [3.8, 4) is 0 Å². The van der Waals surface area contributed by atoms with Gasteiger partial charge in [-0.3, -0.25) is 23.8 Å². The molecule has 0 bridgehead atoms. The van der Waals surface area contributed by atoms with Gasteiger partial charge in [-0.15, -0.1) is 6.54 Å². The van der Waals surface area contributed by atoms with Gasteiger partial charge in [-0.1, -0.05) is 19.4 Å². The third-order valence-electron chi connectivity index (χ3n) is 2.84. The summed E-state index contributed by atoms with van der Waals surface area (Å²) in [5.74, 6) is -4.33. The maximum Gasteiger partial charge on any atom is 0.317 e. The second-order valence-electron chi connectivity index (χ2n) is 5.14. The summed E-state index contributed by atoms with van der Waals surface area (Å²) in [5.41, 5.74) is 0. The van der Waals surface area contributed by atoms with E-state index in [-0.39, 0.29) is 56.7 Å². The summed E-state index contributed by atoms with van der Waals surface area (Å²) in [7, 11) is -4.38. The number of aliphatic carboxylic acids is 2. The Labute approximate surface area is 194 Å². The summed E-state index contributed by atoms with van der Waals surface area (Å²) in [6.07, 6.45) is -0.0689. The van der Waals surface area contributed by atoms with Crippen LogP contribution in [-0.2, 0) is 24.5 Å². The molecule has 0 aromatic rings. The van der Waals surface area contributed by atoms with Crippen LogP contribution in [0.1, 0.15) is 19.8 Å². The zero-order valence-electron chi connectivity index (χ0n) is 15.1. The topological polar surface area (TPSA) is 182 Å². The number of aliphatic hydroxyl groups is 1. The Morgan fingerprint density at radius 1 is 1.15 bits per heavy atom. The van der Waals surface area contributed by atoms with E-state index >= 15 is 0 Å². The molecule has 0 aliphatic heterocycles. The standard InChI is InChI=1S/C10H17N2O8S.C4H9O.Ac/c1-2-11-10(17)7(3-4-21(18,19)20)12(5-8(13)14)6-9(15)16;1-3-4(2)5;/h7H,1-6H2,(H,11,17)(H,13,14)(H,15,16)(H,18,19,20);4-5H,2-3H2,1H3;/q2*-1;. The zero-order chi connectivity index (χ0) is 20.9. The Bertz CT molecular complexity index is 539. The smallest absolute Gasteiger partial charge is 0.317 e. The van der Waals surface area contributed by atoms with Gasteiger partial charge < -0.3 is 34.5 Å². The summed E-state index contributed by atoms with van der Waals surface area (Å²) in [6.45, 7) is 6.96. The van der Waals surface area contributed by atoms with Crippen molar-refractivity contribution in [3.05, 3.63) is 13.8 Å².